The van der Waals surface area contributed by atoms with Crippen molar-refractivity contribution >= 4 is 5.91 Å². The van der Waals surface area contributed by atoms with Gasteiger partial charge in [-0.15, -0.1) is 0 Å². The van der Waals surface area contributed by atoms with Gasteiger partial charge in [0.2, 0.25) is 0 Å². The van der Waals surface area contributed by atoms with Gasteiger partial charge in [-0.25, -0.2) is 0 Å². The molecule has 27 heavy (non-hydrogen) atoms. The Labute approximate surface area is 159 Å². The molecule has 0 fully saturated rings. The van der Waals surface area contributed by atoms with Gasteiger partial charge in [-0.2, -0.15) is 0 Å². The second-order valence-electron chi connectivity index (χ2n) is 7.11. The van der Waals surface area contributed by atoms with Gasteiger partial charge in [0.05, 0.1) is 18.7 Å². The summed E-state index contributed by atoms with van der Waals surface area (Å²) in [5.41, 5.74) is 12.9. The smallest absolute Gasteiger partial charge is 0.251 e. The maximum atomic E-state index is 12.4. The highest BCUT2D eigenvalue weighted by molar-refractivity contribution is 6.03. The topological polar surface area (TPSA) is 57.2 Å². The summed E-state index contributed by atoms with van der Waals surface area (Å²) < 4.78 is 7.84. The first kappa shape index (κ1) is 17.4. The van der Waals surface area contributed by atoms with Gasteiger partial charge in [0, 0.05) is 22.5 Å². The average molecular weight is 360 g/mol. The van der Waals surface area contributed by atoms with E-state index in [4.69, 9.17) is 10.5 Å². The lowest BCUT2D eigenvalue weighted by atomic mass is 9.99. The number of aryl methyl sites for hydroxylation is 1. The number of ether oxygens (including phenoxy) is 1. The van der Waals surface area contributed by atoms with Crippen molar-refractivity contribution < 1.29 is 9.53 Å². The molecule has 4 heteroatoms. The molecule has 1 aliphatic carbocycles. The summed E-state index contributed by atoms with van der Waals surface area (Å²) in [7, 11) is 1.65. The molecule has 1 aromatic heterocycles. The van der Waals surface area contributed by atoms with E-state index in [0.29, 0.717) is 5.56 Å². The van der Waals surface area contributed by atoms with Crippen molar-refractivity contribution in [3.63, 3.8) is 0 Å². The number of amides is 1. The summed E-state index contributed by atoms with van der Waals surface area (Å²) in [6.07, 6.45) is 2.08. The van der Waals surface area contributed by atoms with Crippen LogP contribution in [0.5, 0.6) is 5.75 Å². The Hall–Kier alpha value is -3.01. The largest absolute Gasteiger partial charge is 0.496 e. The van der Waals surface area contributed by atoms with Crippen molar-refractivity contribution in [3.05, 3.63) is 76.6 Å². The highest BCUT2D eigenvalue weighted by atomic mass is 16.5. The van der Waals surface area contributed by atoms with E-state index < -0.39 is 5.91 Å². The average Bonchev–Trinajstić information content (AvgIpc) is 3.20. The number of rotatable bonds is 4. The van der Waals surface area contributed by atoms with Crippen molar-refractivity contribution in [2.24, 2.45) is 5.73 Å². The van der Waals surface area contributed by atoms with Crippen LogP contribution in [0.15, 0.2) is 48.5 Å². The maximum absolute atomic E-state index is 12.4. The monoisotopic (exact) mass is 360 g/mol. The fraction of sp³-hybridized carbons (Fsp3) is 0.261. The maximum Gasteiger partial charge on any atom is 0.251 e. The Balaban J connectivity index is 1.98. The van der Waals surface area contributed by atoms with E-state index in [0.717, 1.165) is 41.1 Å². The number of nitrogens with two attached hydrogens (primary N) is 1. The Morgan fingerprint density at radius 3 is 2.52 bits per heavy atom. The molecule has 1 aliphatic rings. The molecule has 138 valence electrons. The molecular weight excluding hydrogens is 336 g/mol. The molecule has 4 rings (SSSR count). The number of aromatic nitrogens is 1. The van der Waals surface area contributed by atoms with Gasteiger partial charge in [-0.1, -0.05) is 42.5 Å². The van der Waals surface area contributed by atoms with Crippen molar-refractivity contribution in [3.8, 4) is 16.9 Å². The second kappa shape index (κ2) is 6.62. The third kappa shape index (κ3) is 2.64. The van der Waals surface area contributed by atoms with Crippen molar-refractivity contribution in [2.75, 3.05) is 7.11 Å². The van der Waals surface area contributed by atoms with E-state index in [1.165, 1.54) is 11.1 Å². The number of carbonyl (C=O) groups excluding carboxylic acids is 1. The van der Waals surface area contributed by atoms with Crippen LogP contribution >= 0.6 is 0 Å². The molecule has 0 aliphatic heterocycles. The minimum Gasteiger partial charge on any atom is -0.496 e. The van der Waals surface area contributed by atoms with Crippen LogP contribution in [0.4, 0.5) is 0 Å². The third-order valence-electron chi connectivity index (χ3n) is 5.73. The molecule has 1 atom stereocenters. The van der Waals surface area contributed by atoms with Crippen LogP contribution in [0.25, 0.3) is 11.1 Å². The number of hydrogen-bond acceptors (Lipinski definition) is 2. The summed E-state index contributed by atoms with van der Waals surface area (Å²) in [6, 6.07) is 16.6. The molecule has 4 nitrogen and oxygen atoms in total. The summed E-state index contributed by atoms with van der Waals surface area (Å²) >= 11 is 0. The lowest BCUT2D eigenvalue weighted by Crippen LogP contribution is -2.15. The minimum absolute atomic E-state index is 0.225. The molecule has 1 heterocycles. The summed E-state index contributed by atoms with van der Waals surface area (Å²) in [6.45, 7) is 4.06. The van der Waals surface area contributed by atoms with Crippen molar-refractivity contribution in [2.45, 2.75) is 32.7 Å². The van der Waals surface area contributed by atoms with Gasteiger partial charge in [0.1, 0.15) is 5.75 Å². The van der Waals surface area contributed by atoms with Crippen LogP contribution < -0.4 is 10.5 Å². The number of primary amides is 1. The summed E-state index contributed by atoms with van der Waals surface area (Å²) in [5.74, 6) is 0.341. The lowest BCUT2D eigenvalue weighted by molar-refractivity contribution is 0.1000. The zero-order valence-electron chi connectivity index (χ0n) is 16.0. The number of para-hydroxylation sites is 1. The molecule has 3 aromatic rings. The molecule has 1 unspecified atom stereocenters. The first-order chi connectivity index (χ1) is 13.0. The van der Waals surface area contributed by atoms with Gasteiger partial charge in [0.25, 0.3) is 5.91 Å². The van der Waals surface area contributed by atoms with Crippen LogP contribution in [-0.2, 0) is 6.42 Å². The van der Waals surface area contributed by atoms with E-state index in [2.05, 4.69) is 35.8 Å². The molecule has 2 N–H and O–H groups in total. The number of methoxy groups -OCH3 is 1. The third-order valence-corrected chi connectivity index (χ3v) is 5.73. The van der Waals surface area contributed by atoms with Crippen LogP contribution in [0.3, 0.4) is 0 Å². The lowest BCUT2D eigenvalue weighted by Gasteiger charge is -2.19. The van der Waals surface area contributed by atoms with Crippen molar-refractivity contribution in [1.29, 1.82) is 0 Å². The molecule has 0 saturated heterocycles. The molecule has 0 bridgehead atoms. The SMILES string of the molecule is COc1ccccc1-c1c(C(N)=O)c(C)n(C2CCc3ccccc32)c1C. The predicted octanol–water partition coefficient (Wildman–Crippen LogP) is 4.42. The van der Waals surface area contributed by atoms with Gasteiger partial charge in [0.15, 0.2) is 0 Å². The normalized spacial score (nSPS) is 15.6. The molecule has 0 radical (unpaired) electrons. The van der Waals surface area contributed by atoms with Gasteiger partial charge >= 0.3 is 0 Å². The van der Waals surface area contributed by atoms with Gasteiger partial charge in [-0.3, -0.25) is 4.79 Å². The fourth-order valence-corrected chi connectivity index (χ4v) is 4.61. The van der Waals surface area contributed by atoms with E-state index in [-0.39, 0.29) is 6.04 Å². The Morgan fingerprint density at radius 2 is 1.78 bits per heavy atom. The first-order valence-electron chi connectivity index (χ1n) is 9.27. The number of hydrogen-bond donors (Lipinski definition) is 1. The molecular formula is C23H24N2O2. The number of carbonyl (C=O) groups is 1. The second-order valence-corrected chi connectivity index (χ2v) is 7.11. The standard InChI is InChI=1S/C23H24N2O2/c1-14-21(18-10-6-7-11-20(18)27-3)22(23(24)26)15(2)25(14)19-13-12-16-8-4-5-9-17(16)19/h4-11,19H,12-13H2,1-3H3,(H2,24,26). The van der Waals surface area contributed by atoms with Crippen LogP contribution in [0, 0.1) is 13.8 Å². The molecule has 2 aromatic carbocycles. The Kier molecular flexibility index (Phi) is 4.27. The Morgan fingerprint density at radius 1 is 1.07 bits per heavy atom. The van der Waals surface area contributed by atoms with Crippen LogP contribution in [0.2, 0.25) is 0 Å². The zero-order chi connectivity index (χ0) is 19.1. The quantitative estimate of drug-likeness (QED) is 0.749. The Bertz CT molecular complexity index is 1030. The predicted molar refractivity (Wildman–Crippen MR) is 107 cm³/mol. The highest BCUT2D eigenvalue weighted by Crippen LogP contribution is 2.43. The fourth-order valence-electron chi connectivity index (χ4n) is 4.61. The first-order valence-corrected chi connectivity index (χ1v) is 9.27. The van der Waals surface area contributed by atoms with Gasteiger partial charge in [-0.05, 0) is 43.9 Å². The van der Waals surface area contributed by atoms with E-state index in [1.54, 1.807) is 7.11 Å². The van der Waals surface area contributed by atoms with E-state index in [1.807, 2.05) is 31.2 Å². The number of fused-ring (bicyclic) bond motifs is 1. The highest BCUT2D eigenvalue weighted by Gasteiger charge is 2.31. The number of benzene rings is 2. The van der Waals surface area contributed by atoms with Crippen molar-refractivity contribution in [1.82, 2.24) is 4.57 Å². The summed E-state index contributed by atoms with van der Waals surface area (Å²) in [4.78, 5) is 12.4. The molecule has 0 saturated carbocycles. The number of nitrogens with zero attached hydrogens (tertiary/aromatic N) is 1. The van der Waals surface area contributed by atoms with E-state index in [9.17, 15) is 4.79 Å². The van der Waals surface area contributed by atoms with E-state index >= 15 is 0 Å². The molecule has 0 spiro atoms. The van der Waals surface area contributed by atoms with Crippen LogP contribution in [-0.4, -0.2) is 17.6 Å². The van der Waals surface area contributed by atoms with Gasteiger partial charge < -0.3 is 15.0 Å². The molecule has 1 amide bonds. The summed E-state index contributed by atoms with van der Waals surface area (Å²) in [5, 5.41) is 0. The minimum atomic E-state index is -0.401. The zero-order valence-corrected chi connectivity index (χ0v) is 16.0. The van der Waals surface area contributed by atoms with Crippen LogP contribution in [0.1, 0.15) is 45.3 Å².